The lowest BCUT2D eigenvalue weighted by Gasteiger charge is -2.21. The molecule has 0 saturated carbocycles. The highest BCUT2D eigenvalue weighted by Gasteiger charge is 2.15. The van der Waals surface area contributed by atoms with Crippen LogP contribution in [0.15, 0.2) is 24.3 Å². The molecule has 68 valence electrons. The zero-order chi connectivity index (χ0) is 9.90. The summed E-state index contributed by atoms with van der Waals surface area (Å²) in [5, 5.41) is 0. The summed E-state index contributed by atoms with van der Waals surface area (Å²) < 4.78 is 0. The Kier molecular flexibility index (Phi) is 3.49. The van der Waals surface area contributed by atoms with Crippen molar-refractivity contribution in [1.29, 1.82) is 0 Å². The van der Waals surface area contributed by atoms with E-state index in [-0.39, 0.29) is 5.41 Å². The smallest absolute Gasteiger partial charge is 0.113 e. The van der Waals surface area contributed by atoms with Crippen LogP contribution in [0.1, 0.15) is 19.4 Å². The lowest BCUT2D eigenvalue weighted by molar-refractivity contribution is 0.423. The molecule has 0 heterocycles. The Morgan fingerprint density at radius 3 is 2.23 bits per heavy atom. The van der Waals surface area contributed by atoms with Gasteiger partial charge in [-0.05, 0) is 23.2 Å². The standard InChI is InChI=1S/C11H15BS/c1-11(2,8-13)7-9-3-5-10(12)6-4-9/h3-6,13H,7-8H2,1-2H3. The van der Waals surface area contributed by atoms with E-state index in [1.165, 1.54) is 5.56 Å². The van der Waals surface area contributed by atoms with Crippen molar-refractivity contribution < 1.29 is 0 Å². The van der Waals surface area contributed by atoms with E-state index in [1.54, 1.807) is 0 Å². The molecule has 0 aliphatic carbocycles. The van der Waals surface area contributed by atoms with Crippen molar-refractivity contribution in [3.8, 4) is 0 Å². The van der Waals surface area contributed by atoms with Gasteiger partial charge >= 0.3 is 0 Å². The SMILES string of the molecule is [B]c1ccc(CC(C)(C)CS)cc1. The third kappa shape index (κ3) is 3.47. The topological polar surface area (TPSA) is 0 Å². The van der Waals surface area contributed by atoms with Gasteiger partial charge in [-0.25, -0.2) is 0 Å². The highest BCUT2D eigenvalue weighted by molar-refractivity contribution is 7.80. The van der Waals surface area contributed by atoms with Crippen molar-refractivity contribution in [3.05, 3.63) is 29.8 Å². The molecule has 0 fully saturated rings. The Bertz CT molecular complexity index is 264. The van der Waals surface area contributed by atoms with Crippen LogP contribution in [0.3, 0.4) is 0 Å². The average Bonchev–Trinajstić information content (AvgIpc) is 2.09. The van der Waals surface area contributed by atoms with E-state index < -0.39 is 0 Å². The van der Waals surface area contributed by atoms with Gasteiger partial charge in [-0.1, -0.05) is 43.6 Å². The van der Waals surface area contributed by atoms with Crippen LogP contribution < -0.4 is 5.46 Å². The van der Waals surface area contributed by atoms with Gasteiger partial charge in [0.1, 0.15) is 7.85 Å². The fraction of sp³-hybridized carbons (Fsp3) is 0.455. The molecule has 0 aliphatic rings. The van der Waals surface area contributed by atoms with Gasteiger partial charge < -0.3 is 0 Å². The number of benzene rings is 1. The first-order chi connectivity index (χ1) is 6.03. The predicted molar refractivity (Wildman–Crippen MR) is 63.2 cm³/mol. The average molecular weight is 190 g/mol. The van der Waals surface area contributed by atoms with Gasteiger partial charge in [0.2, 0.25) is 0 Å². The van der Waals surface area contributed by atoms with Crippen molar-refractivity contribution in [3.63, 3.8) is 0 Å². The first-order valence-electron chi connectivity index (χ1n) is 4.49. The highest BCUT2D eigenvalue weighted by Crippen LogP contribution is 2.22. The fourth-order valence-electron chi connectivity index (χ4n) is 1.24. The van der Waals surface area contributed by atoms with Crippen LogP contribution in [0.2, 0.25) is 0 Å². The Balaban J connectivity index is 2.69. The monoisotopic (exact) mass is 190 g/mol. The maximum Gasteiger partial charge on any atom is 0.113 e. The second kappa shape index (κ2) is 4.23. The van der Waals surface area contributed by atoms with E-state index in [1.807, 2.05) is 12.1 Å². The fourth-order valence-corrected chi connectivity index (χ4v) is 1.36. The zero-order valence-electron chi connectivity index (χ0n) is 8.25. The van der Waals surface area contributed by atoms with Crippen LogP contribution in [0.5, 0.6) is 0 Å². The molecule has 0 aliphatic heterocycles. The largest absolute Gasteiger partial charge is 0.179 e. The van der Waals surface area contributed by atoms with Crippen molar-refractivity contribution in [2.45, 2.75) is 20.3 Å². The maximum absolute atomic E-state index is 5.61. The summed E-state index contributed by atoms with van der Waals surface area (Å²) in [6.45, 7) is 4.44. The second-order valence-corrected chi connectivity index (χ2v) is 4.56. The molecule has 0 spiro atoms. The summed E-state index contributed by atoms with van der Waals surface area (Å²) in [5.41, 5.74) is 2.42. The summed E-state index contributed by atoms with van der Waals surface area (Å²) in [6.07, 6.45) is 1.05. The summed E-state index contributed by atoms with van der Waals surface area (Å²) in [5.74, 6) is 0.900. The molecule has 0 amide bonds. The first kappa shape index (κ1) is 10.7. The quantitative estimate of drug-likeness (QED) is 0.546. The van der Waals surface area contributed by atoms with Gasteiger partial charge in [-0.3, -0.25) is 0 Å². The maximum atomic E-state index is 5.61. The van der Waals surface area contributed by atoms with Gasteiger partial charge in [0, 0.05) is 0 Å². The minimum atomic E-state index is 0.263. The van der Waals surface area contributed by atoms with E-state index in [9.17, 15) is 0 Å². The molecule has 0 atom stereocenters. The van der Waals surface area contributed by atoms with Crippen LogP contribution in [-0.2, 0) is 6.42 Å². The van der Waals surface area contributed by atoms with Crippen LogP contribution in [0, 0.1) is 5.41 Å². The van der Waals surface area contributed by atoms with Crippen LogP contribution in [-0.4, -0.2) is 13.6 Å². The van der Waals surface area contributed by atoms with Crippen LogP contribution in [0.4, 0.5) is 0 Å². The molecule has 1 aromatic carbocycles. The molecule has 2 heteroatoms. The van der Waals surface area contributed by atoms with Crippen molar-refractivity contribution in [2.75, 3.05) is 5.75 Å². The molecule has 0 aromatic heterocycles. The molecule has 1 aromatic rings. The Labute approximate surface area is 87.6 Å². The third-order valence-corrected chi connectivity index (χ3v) is 2.95. The summed E-state index contributed by atoms with van der Waals surface area (Å²) >= 11 is 4.33. The molecular weight excluding hydrogens is 175 g/mol. The van der Waals surface area contributed by atoms with Crippen molar-refractivity contribution in [2.24, 2.45) is 5.41 Å². The van der Waals surface area contributed by atoms with Gasteiger partial charge in [0.25, 0.3) is 0 Å². The van der Waals surface area contributed by atoms with Crippen LogP contribution >= 0.6 is 12.6 Å². The molecule has 13 heavy (non-hydrogen) atoms. The number of thiol groups is 1. The molecule has 2 radical (unpaired) electrons. The lowest BCUT2D eigenvalue weighted by Crippen LogP contribution is -2.17. The number of hydrogen-bond donors (Lipinski definition) is 1. The van der Waals surface area contributed by atoms with E-state index in [2.05, 4.69) is 38.6 Å². The first-order valence-corrected chi connectivity index (χ1v) is 5.12. The predicted octanol–water partition coefficient (Wildman–Crippen LogP) is 1.98. The van der Waals surface area contributed by atoms with E-state index in [0.29, 0.717) is 0 Å². The molecule has 0 nitrogen and oxygen atoms in total. The van der Waals surface area contributed by atoms with Gasteiger partial charge in [-0.15, -0.1) is 0 Å². The Hall–Kier alpha value is -0.365. The second-order valence-electron chi connectivity index (χ2n) is 4.24. The molecule has 0 unspecified atom stereocenters. The van der Waals surface area contributed by atoms with Crippen LogP contribution in [0.25, 0.3) is 0 Å². The van der Waals surface area contributed by atoms with Crippen molar-refractivity contribution >= 4 is 25.9 Å². The molecule has 0 bridgehead atoms. The normalized spacial score (nSPS) is 11.6. The van der Waals surface area contributed by atoms with E-state index >= 15 is 0 Å². The molecule has 0 N–H and O–H groups in total. The summed E-state index contributed by atoms with van der Waals surface area (Å²) in [7, 11) is 5.61. The van der Waals surface area contributed by atoms with E-state index in [0.717, 1.165) is 17.6 Å². The lowest BCUT2D eigenvalue weighted by atomic mass is 9.86. The third-order valence-electron chi connectivity index (χ3n) is 2.09. The van der Waals surface area contributed by atoms with Crippen molar-refractivity contribution in [1.82, 2.24) is 0 Å². The zero-order valence-corrected chi connectivity index (χ0v) is 9.14. The number of rotatable bonds is 3. The summed E-state index contributed by atoms with van der Waals surface area (Å²) in [6, 6.07) is 8.06. The summed E-state index contributed by atoms with van der Waals surface area (Å²) in [4.78, 5) is 0. The number of hydrogen-bond acceptors (Lipinski definition) is 1. The Morgan fingerprint density at radius 1 is 1.23 bits per heavy atom. The molecule has 1 rings (SSSR count). The van der Waals surface area contributed by atoms with Gasteiger partial charge in [0.15, 0.2) is 0 Å². The minimum Gasteiger partial charge on any atom is -0.179 e. The molecular formula is C11H15BS. The van der Waals surface area contributed by atoms with E-state index in [4.69, 9.17) is 7.85 Å². The van der Waals surface area contributed by atoms with Gasteiger partial charge in [-0.2, -0.15) is 12.6 Å². The van der Waals surface area contributed by atoms with Gasteiger partial charge in [0.05, 0.1) is 0 Å². The molecule has 0 saturated heterocycles. The minimum absolute atomic E-state index is 0.263. The highest BCUT2D eigenvalue weighted by atomic mass is 32.1. The Morgan fingerprint density at radius 2 is 1.77 bits per heavy atom.